The fourth-order valence-electron chi connectivity index (χ4n) is 4.98. The van der Waals surface area contributed by atoms with E-state index in [1.54, 1.807) is 9.80 Å². The molecule has 0 aromatic heterocycles. The van der Waals surface area contributed by atoms with E-state index >= 15 is 0 Å². The number of fused-ring (bicyclic) bond motifs is 1. The summed E-state index contributed by atoms with van der Waals surface area (Å²) in [5, 5.41) is 24.2. The zero-order valence-corrected chi connectivity index (χ0v) is 20.8. The summed E-state index contributed by atoms with van der Waals surface area (Å²) in [5.74, 6) is -0.615. The van der Waals surface area contributed by atoms with Crippen LogP contribution in [0.2, 0.25) is 0 Å². The molecule has 0 spiro atoms. The highest BCUT2D eigenvalue weighted by Gasteiger charge is 2.30. The number of nitrogens with one attached hydrogen (secondary N) is 1. The number of ether oxygens (including phenoxy) is 1. The second kappa shape index (κ2) is 10.4. The van der Waals surface area contributed by atoms with Gasteiger partial charge < -0.3 is 30.1 Å². The molecule has 192 valence electrons. The van der Waals surface area contributed by atoms with Gasteiger partial charge in [0.1, 0.15) is 29.4 Å². The van der Waals surface area contributed by atoms with E-state index in [9.17, 15) is 19.8 Å². The molecule has 1 saturated heterocycles. The number of hydrogen-bond acceptors (Lipinski definition) is 6. The lowest BCUT2D eigenvalue weighted by Gasteiger charge is -2.34. The van der Waals surface area contributed by atoms with Crippen molar-refractivity contribution in [1.29, 1.82) is 0 Å². The Kier molecular flexibility index (Phi) is 6.90. The molecule has 37 heavy (non-hydrogen) atoms. The maximum atomic E-state index is 13.7. The Hall–Kier alpha value is -4.20. The lowest BCUT2D eigenvalue weighted by atomic mass is 9.96. The van der Waals surface area contributed by atoms with Crippen molar-refractivity contribution in [2.45, 2.75) is 38.5 Å². The molecule has 8 nitrogen and oxygen atoms in total. The van der Waals surface area contributed by atoms with Gasteiger partial charge in [0.25, 0.3) is 5.91 Å². The van der Waals surface area contributed by atoms with Crippen LogP contribution in [0.4, 0.5) is 5.69 Å². The summed E-state index contributed by atoms with van der Waals surface area (Å²) in [6.45, 7) is 1.75. The Morgan fingerprint density at radius 2 is 1.89 bits per heavy atom. The fraction of sp³-hybridized carbons (Fsp3) is 0.310. The second-order valence-electron chi connectivity index (χ2n) is 9.68. The van der Waals surface area contributed by atoms with Gasteiger partial charge in [0.2, 0.25) is 5.91 Å². The quantitative estimate of drug-likeness (QED) is 0.473. The van der Waals surface area contributed by atoms with Gasteiger partial charge in [-0.05, 0) is 35.6 Å². The van der Waals surface area contributed by atoms with Crippen molar-refractivity contribution in [3.63, 3.8) is 0 Å². The van der Waals surface area contributed by atoms with Crippen molar-refractivity contribution < 1.29 is 24.5 Å². The number of carbonyl (C=O) groups is 2. The smallest absolute Gasteiger partial charge is 0.261 e. The van der Waals surface area contributed by atoms with E-state index in [2.05, 4.69) is 11.4 Å². The normalized spacial score (nSPS) is 17.3. The summed E-state index contributed by atoms with van der Waals surface area (Å²) in [4.78, 5) is 29.3. The van der Waals surface area contributed by atoms with Gasteiger partial charge in [-0.1, -0.05) is 42.5 Å². The highest BCUT2D eigenvalue weighted by molar-refractivity contribution is 6.00. The average Bonchev–Trinajstić information content (AvgIpc) is 2.89. The number of phenols is 2. The lowest BCUT2D eigenvalue weighted by molar-refractivity contribution is -0.132. The van der Waals surface area contributed by atoms with Crippen LogP contribution in [0.1, 0.15) is 39.9 Å². The number of benzene rings is 3. The molecule has 0 saturated carbocycles. The minimum Gasteiger partial charge on any atom is -0.508 e. The molecule has 2 aliphatic rings. The van der Waals surface area contributed by atoms with E-state index in [1.165, 1.54) is 6.07 Å². The standard InChI is InChI=1S/C29H31N3O5/c1-31-12-11-21(14-27(31)35)30-24-9-5-8-20-10-13-32(17-23(20)24)29(36)28-25(34)15-22(33)16-26(28)37-18-19-6-3-2-4-7-19/h2-9,15-16,21,30,33-34H,10-14,17-18H2,1H3. The summed E-state index contributed by atoms with van der Waals surface area (Å²) < 4.78 is 5.89. The molecule has 1 unspecified atom stereocenters. The van der Waals surface area contributed by atoms with Gasteiger partial charge in [0.05, 0.1) is 0 Å². The predicted molar refractivity (Wildman–Crippen MR) is 140 cm³/mol. The van der Waals surface area contributed by atoms with Gasteiger partial charge in [-0.2, -0.15) is 0 Å². The third-order valence-electron chi connectivity index (χ3n) is 7.10. The van der Waals surface area contributed by atoms with Crippen molar-refractivity contribution in [2.24, 2.45) is 0 Å². The largest absolute Gasteiger partial charge is 0.508 e. The first kappa shape index (κ1) is 24.5. The van der Waals surface area contributed by atoms with Crippen molar-refractivity contribution in [1.82, 2.24) is 9.80 Å². The van der Waals surface area contributed by atoms with Gasteiger partial charge in [0.15, 0.2) is 0 Å². The van der Waals surface area contributed by atoms with Crippen LogP contribution in [-0.2, 0) is 24.4 Å². The van der Waals surface area contributed by atoms with Gasteiger partial charge in [-0.25, -0.2) is 0 Å². The molecule has 5 rings (SSSR count). The first-order valence-electron chi connectivity index (χ1n) is 12.5. The number of rotatable bonds is 6. The molecule has 2 heterocycles. The Labute approximate surface area is 216 Å². The number of nitrogens with zero attached hydrogens (tertiary/aromatic N) is 2. The monoisotopic (exact) mass is 501 g/mol. The predicted octanol–water partition coefficient (Wildman–Crippen LogP) is 3.91. The van der Waals surface area contributed by atoms with Crippen LogP contribution in [0.25, 0.3) is 0 Å². The molecule has 2 aliphatic heterocycles. The number of carbonyl (C=O) groups excluding carboxylic acids is 2. The minimum atomic E-state index is -0.365. The average molecular weight is 502 g/mol. The minimum absolute atomic E-state index is 0.0311. The second-order valence-corrected chi connectivity index (χ2v) is 9.68. The lowest BCUT2D eigenvalue weighted by Crippen LogP contribution is -2.41. The van der Waals surface area contributed by atoms with E-state index < -0.39 is 0 Å². The van der Waals surface area contributed by atoms with E-state index in [-0.39, 0.29) is 47.3 Å². The van der Waals surface area contributed by atoms with Crippen LogP contribution in [0.15, 0.2) is 60.7 Å². The molecule has 0 bridgehead atoms. The van der Waals surface area contributed by atoms with Crippen LogP contribution in [0.5, 0.6) is 17.2 Å². The Bertz CT molecular complexity index is 1310. The van der Waals surface area contributed by atoms with Gasteiger partial charge >= 0.3 is 0 Å². The van der Waals surface area contributed by atoms with Crippen molar-refractivity contribution >= 4 is 17.5 Å². The molecule has 8 heteroatoms. The number of anilines is 1. The summed E-state index contributed by atoms with van der Waals surface area (Å²) in [6.07, 6.45) is 1.96. The van der Waals surface area contributed by atoms with E-state index in [0.29, 0.717) is 32.5 Å². The molecule has 1 fully saturated rings. The number of amides is 2. The van der Waals surface area contributed by atoms with Crippen LogP contribution in [0.3, 0.4) is 0 Å². The molecular weight excluding hydrogens is 470 g/mol. The molecular formula is C29H31N3O5. The van der Waals surface area contributed by atoms with E-state index in [1.807, 2.05) is 49.5 Å². The van der Waals surface area contributed by atoms with Crippen molar-refractivity contribution in [2.75, 3.05) is 25.5 Å². The van der Waals surface area contributed by atoms with Crippen LogP contribution in [0, 0.1) is 0 Å². The van der Waals surface area contributed by atoms with Crippen LogP contribution < -0.4 is 10.1 Å². The molecule has 1 atom stereocenters. The summed E-state index contributed by atoms with van der Waals surface area (Å²) in [7, 11) is 1.82. The molecule has 3 N–H and O–H groups in total. The zero-order valence-electron chi connectivity index (χ0n) is 20.8. The highest BCUT2D eigenvalue weighted by Crippen LogP contribution is 2.36. The third-order valence-corrected chi connectivity index (χ3v) is 7.10. The SMILES string of the molecule is CN1CCC(Nc2cccc3c2CN(C(=O)c2c(O)cc(O)cc2OCc2ccccc2)CC3)CC1=O. The molecule has 3 aromatic rings. The number of likely N-dealkylation sites (tertiary alicyclic amines) is 1. The highest BCUT2D eigenvalue weighted by atomic mass is 16.5. The summed E-state index contributed by atoms with van der Waals surface area (Å²) >= 11 is 0. The van der Waals surface area contributed by atoms with E-state index in [0.717, 1.165) is 34.9 Å². The first-order valence-corrected chi connectivity index (χ1v) is 12.5. The third kappa shape index (κ3) is 5.33. The van der Waals surface area contributed by atoms with Crippen molar-refractivity contribution in [3.8, 4) is 17.2 Å². The zero-order chi connectivity index (χ0) is 25.9. The van der Waals surface area contributed by atoms with Crippen LogP contribution in [-0.4, -0.2) is 58.0 Å². The van der Waals surface area contributed by atoms with Gasteiger partial charge in [-0.3, -0.25) is 9.59 Å². The molecule has 3 aromatic carbocycles. The number of piperidine rings is 1. The maximum Gasteiger partial charge on any atom is 0.261 e. The molecule has 0 aliphatic carbocycles. The molecule has 0 radical (unpaired) electrons. The topological polar surface area (TPSA) is 102 Å². The van der Waals surface area contributed by atoms with Gasteiger partial charge in [-0.15, -0.1) is 0 Å². The number of phenolic OH excluding ortho intramolecular Hbond substituents is 2. The summed E-state index contributed by atoms with van der Waals surface area (Å²) in [6, 6.07) is 18.1. The fourth-order valence-corrected chi connectivity index (χ4v) is 4.98. The molecule has 2 amide bonds. The maximum absolute atomic E-state index is 13.7. The first-order chi connectivity index (χ1) is 17.9. The summed E-state index contributed by atoms with van der Waals surface area (Å²) in [5.41, 5.74) is 4.03. The van der Waals surface area contributed by atoms with Gasteiger partial charge in [0, 0.05) is 57.0 Å². The Balaban J connectivity index is 1.37. The van der Waals surface area contributed by atoms with Crippen molar-refractivity contribution in [3.05, 3.63) is 82.9 Å². The Morgan fingerprint density at radius 1 is 1.08 bits per heavy atom. The Morgan fingerprint density at radius 3 is 2.68 bits per heavy atom. The van der Waals surface area contributed by atoms with Crippen LogP contribution >= 0.6 is 0 Å². The van der Waals surface area contributed by atoms with E-state index in [4.69, 9.17) is 4.74 Å². The number of aromatic hydroxyl groups is 2. The number of hydrogen-bond donors (Lipinski definition) is 3.